The van der Waals surface area contributed by atoms with Crippen LogP contribution in [0.15, 0.2) is 52.3 Å². The van der Waals surface area contributed by atoms with E-state index in [9.17, 15) is 13.2 Å². The number of thioether (sulfide) groups is 1. The van der Waals surface area contributed by atoms with E-state index in [1.807, 2.05) is 49.6 Å². The van der Waals surface area contributed by atoms with Gasteiger partial charge in [-0.3, -0.25) is 0 Å². The van der Waals surface area contributed by atoms with Gasteiger partial charge in [-0.05, 0) is 49.4 Å². The highest BCUT2D eigenvalue weighted by atomic mass is 32.2. The highest BCUT2D eigenvalue weighted by Crippen LogP contribution is 2.40. The molecule has 9 heteroatoms. The molecule has 2 aromatic carbocycles. The maximum atomic E-state index is 13.5. The molecule has 32 heavy (non-hydrogen) atoms. The highest BCUT2D eigenvalue weighted by molar-refractivity contribution is 7.98. The number of sulfonamides is 1. The molecule has 0 amide bonds. The van der Waals surface area contributed by atoms with Gasteiger partial charge in [-0.2, -0.15) is 0 Å². The van der Waals surface area contributed by atoms with Crippen molar-refractivity contribution in [3.05, 3.63) is 48.0 Å². The molecule has 1 aliphatic rings. The Morgan fingerprint density at radius 1 is 1.28 bits per heavy atom. The van der Waals surface area contributed by atoms with E-state index < -0.39 is 28.1 Å². The number of para-hydroxylation sites is 1. The molecule has 0 bridgehead atoms. The predicted molar refractivity (Wildman–Crippen MR) is 127 cm³/mol. The van der Waals surface area contributed by atoms with Crippen LogP contribution in [0.25, 0.3) is 0 Å². The Labute approximate surface area is 194 Å². The number of hydrogen-bond acceptors (Lipinski definition) is 6. The Hall–Kier alpha value is -2.07. The first-order chi connectivity index (χ1) is 15.2. The van der Waals surface area contributed by atoms with Crippen LogP contribution < -0.4 is 9.62 Å². The van der Waals surface area contributed by atoms with E-state index in [1.54, 1.807) is 6.07 Å². The number of ether oxygens (including phenoxy) is 1. The zero-order chi connectivity index (χ0) is 23.4. The number of nitrogens with zero attached hydrogens (tertiary/aromatic N) is 1. The summed E-state index contributed by atoms with van der Waals surface area (Å²) in [7, 11) is -3.82. The smallest absolute Gasteiger partial charge is 0.329 e. The van der Waals surface area contributed by atoms with Gasteiger partial charge in [0.15, 0.2) is 0 Å². The lowest BCUT2D eigenvalue weighted by atomic mass is 9.95. The number of carbonyl (C=O) groups is 1. The summed E-state index contributed by atoms with van der Waals surface area (Å²) in [5.41, 5.74) is 1.52. The van der Waals surface area contributed by atoms with Crippen molar-refractivity contribution in [3.8, 4) is 0 Å². The molecule has 0 unspecified atom stereocenters. The summed E-state index contributed by atoms with van der Waals surface area (Å²) in [5, 5.41) is 8.88. The Kier molecular flexibility index (Phi) is 7.87. The van der Waals surface area contributed by atoms with Crippen LogP contribution in [0.3, 0.4) is 0 Å². The van der Waals surface area contributed by atoms with Crippen molar-refractivity contribution >= 4 is 39.1 Å². The first-order valence-electron chi connectivity index (χ1n) is 10.6. The average Bonchev–Trinajstić information content (AvgIpc) is 2.84. The number of aliphatic carboxylic acids is 1. The van der Waals surface area contributed by atoms with Crippen LogP contribution in [0, 0.1) is 0 Å². The third-order valence-corrected chi connectivity index (χ3v) is 7.95. The fourth-order valence-corrected chi connectivity index (χ4v) is 6.23. The maximum absolute atomic E-state index is 13.5. The van der Waals surface area contributed by atoms with Crippen molar-refractivity contribution < 1.29 is 23.1 Å². The second-order valence-corrected chi connectivity index (χ2v) is 10.7. The number of hydrogen-bond donors (Lipinski definition) is 2. The number of nitrogens with one attached hydrogen (secondary N) is 1. The molecule has 2 N–H and O–H groups in total. The molecule has 174 valence electrons. The molecule has 1 heterocycles. The summed E-state index contributed by atoms with van der Waals surface area (Å²) in [5.74, 6) is -1.07. The molecule has 0 fully saturated rings. The quantitative estimate of drug-likeness (QED) is 0.516. The van der Waals surface area contributed by atoms with Crippen molar-refractivity contribution in [3.63, 3.8) is 0 Å². The van der Waals surface area contributed by atoms with Crippen LogP contribution in [0.2, 0.25) is 0 Å². The van der Waals surface area contributed by atoms with Crippen molar-refractivity contribution in [1.82, 2.24) is 4.72 Å². The predicted octanol–water partition coefficient (Wildman–Crippen LogP) is 4.39. The molecule has 0 radical (unpaired) electrons. The molecule has 0 spiro atoms. The van der Waals surface area contributed by atoms with Gasteiger partial charge < -0.3 is 14.7 Å². The van der Waals surface area contributed by atoms with Gasteiger partial charge in [0.1, 0.15) is 11.5 Å². The lowest BCUT2D eigenvalue weighted by Gasteiger charge is -2.34. The van der Waals surface area contributed by atoms with E-state index in [1.165, 1.54) is 11.8 Å². The second-order valence-electron chi connectivity index (χ2n) is 8.21. The van der Waals surface area contributed by atoms with Crippen LogP contribution in [-0.2, 0) is 26.2 Å². The lowest BCUT2D eigenvalue weighted by molar-refractivity contribution is -0.142. The van der Waals surface area contributed by atoms with Crippen molar-refractivity contribution in [2.45, 2.75) is 55.0 Å². The normalized spacial score (nSPS) is 19.9. The Bertz CT molecular complexity index is 1060. The van der Waals surface area contributed by atoms with Crippen molar-refractivity contribution in [2.24, 2.45) is 0 Å². The average molecular weight is 479 g/mol. The molecule has 0 saturated carbocycles. The standard InChI is InChI=1S/C23H30N2O5S2/c1-4-5-11-23(2)16-25(18-9-7-6-8-10-18)19-13-20(31-3)17(14-30-15-22(26)27)12-21(19)32(28,29)24-23/h6-10,12-13,24H,4-5,11,14-16H2,1-3H3,(H,26,27)/t23-/m0/s1. The zero-order valence-electron chi connectivity index (χ0n) is 18.6. The highest BCUT2D eigenvalue weighted by Gasteiger charge is 2.39. The molecule has 2 aromatic rings. The van der Waals surface area contributed by atoms with E-state index in [4.69, 9.17) is 9.84 Å². The van der Waals surface area contributed by atoms with E-state index in [2.05, 4.69) is 16.5 Å². The monoisotopic (exact) mass is 478 g/mol. The summed E-state index contributed by atoms with van der Waals surface area (Å²) < 4.78 is 35.2. The van der Waals surface area contributed by atoms with Gasteiger partial charge in [0, 0.05) is 22.7 Å². The van der Waals surface area contributed by atoms with E-state index >= 15 is 0 Å². The fourth-order valence-electron chi connectivity index (χ4n) is 3.95. The third-order valence-electron chi connectivity index (χ3n) is 5.46. The molecular formula is C23H30N2O5S2. The topological polar surface area (TPSA) is 95.9 Å². The Balaban J connectivity index is 2.15. The maximum Gasteiger partial charge on any atom is 0.329 e. The van der Waals surface area contributed by atoms with Crippen LogP contribution in [-0.4, -0.2) is 44.4 Å². The number of rotatable bonds is 9. The molecule has 0 aliphatic carbocycles. The molecule has 1 aliphatic heterocycles. The molecule has 0 saturated heterocycles. The summed E-state index contributed by atoms with van der Waals surface area (Å²) in [6.45, 7) is 4.11. The van der Waals surface area contributed by atoms with Gasteiger partial charge in [-0.25, -0.2) is 17.9 Å². The van der Waals surface area contributed by atoms with Gasteiger partial charge in [-0.15, -0.1) is 11.8 Å². The number of fused-ring (bicyclic) bond motifs is 1. The lowest BCUT2D eigenvalue weighted by Crippen LogP contribution is -2.50. The van der Waals surface area contributed by atoms with Crippen molar-refractivity contribution in [1.29, 1.82) is 0 Å². The minimum Gasteiger partial charge on any atom is -0.480 e. The molecular weight excluding hydrogens is 448 g/mol. The molecule has 1 atom stereocenters. The Morgan fingerprint density at radius 2 is 2.00 bits per heavy atom. The number of carboxylic acid groups (broad SMARTS) is 1. The minimum absolute atomic E-state index is 0.0176. The summed E-state index contributed by atoms with van der Waals surface area (Å²) in [6, 6.07) is 13.3. The number of unbranched alkanes of at least 4 members (excludes halogenated alkanes) is 1. The van der Waals surface area contributed by atoms with Gasteiger partial charge >= 0.3 is 5.97 Å². The van der Waals surface area contributed by atoms with Gasteiger partial charge in [0.05, 0.1) is 12.3 Å². The number of carboxylic acids is 1. The van der Waals surface area contributed by atoms with Gasteiger partial charge in [-0.1, -0.05) is 38.0 Å². The summed E-state index contributed by atoms with van der Waals surface area (Å²) in [4.78, 5) is 13.9. The third kappa shape index (κ3) is 5.64. The molecule has 3 rings (SSSR count). The van der Waals surface area contributed by atoms with E-state index in [0.29, 0.717) is 24.2 Å². The van der Waals surface area contributed by atoms with Crippen LogP contribution in [0.4, 0.5) is 11.4 Å². The van der Waals surface area contributed by atoms with Crippen LogP contribution in [0.1, 0.15) is 38.7 Å². The van der Waals surface area contributed by atoms with Gasteiger partial charge in [0.25, 0.3) is 0 Å². The SMILES string of the molecule is CCCC[C@@]1(C)CN(c2ccccc2)c2cc(SC)c(COCC(=O)O)cc2S(=O)(=O)N1. The van der Waals surface area contributed by atoms with E-state index in [-0.39, 0.29) is 11.5 Å². The largest absolute Gasteiger partial charge is 0.480 e. The van der Waals surface area contributed by atoms with Crippen LogP contribution >= 0.6 is 11.8 Å². The molecule has 7 nitrogen and oxygen atoms in total. The number of anilines is 2. The fraction of sp³-hybridized carbons (Fsp3) is 0.435. The van der Waals surface area contributed by atoms with Gasteiger partial charge in [0.2, 0.25) is 10.0 Å². The first kappa shape index (κ1) is 24.6. The minimum atomic E-state index is -3.82. The summed E-state index contributed by atoms with van der Waals surface area (Å²) >= 11 is 1.48. The molecule has 0 aromatic heterocycles. The number of benzene rings is 2. The Morgan fingerprint density at radius 3 is 2.62 bits per heavy atom. The van der Waals surface area contributed by atoms with E-state index in [0.717, 1.165) is 23.4 Å². The zero-order valence-corrected chi connectivity index (χ0v) is 20.3. The second kappa shape index (κ2) is 10.2. The van der Waals surface area contributed by atoms with Crippen LogP contribution in [0.5, 0.6) is 0 Å². The van der Waals surface area contributed by atoms with Crippen molar-refractivity contribution in [2.75, 3.05) is 24.3 Å². The summed E-state index contributed by atoms with van der Waals surface area (Å²) in [6.07, 6.45) is 4.49. The first-order valence-corrected chi connectivity index (χ1v) is 13.3.